The van der Waals surface area contributed by atoms with Crippen molar-refractivity contribution in [3.63, 3.8) is 0 Å². The summed E-state index contributed by atoms with van der Waals surface area (Å²) in [5.41, 5.74) is 15.5. The molecule has 0 amide bonds. The van der Waals surface area contributed by atoms with Crippen molar-refractivity contribution < 1.29 is 4.74 Å². The summed E-state index contributed by atoms with van der Waals surface area (Å²) in [6.07, 6.45) is 0. The van der Waals surface area contributed by atoms with Crippen LogP contribution in [-0.2, 0) is 16.2 Å². The van der Waals surface area contributed by atoms with Crippen molar-refractivity contribution in [2.45, 2.75) is 57.8 Å². The Morgan fingerprint density at radius 2 is 0.764 bits per heavy atom. The van der Waals surface area contributed by atoms with Crippen molar-refractivity contribution in [1.29, 1.82) is 0 Å². The molecule has 13 rings (SSSR count). The molecular formula is C67H54N4O. The van der Waals surface area contributed by atoms with Crippen LogP contribution in [0.1, 0.15) is 75.2 Å². The summed E-state index contributed by atoms with van der Waals surface area (Å²) in [4.78, 5) is 11.7. The highest BCUT2D eigenvalue weighted by Crippen LogP contribution is 2.56. The van der Waals surface area contributed by atoms with Gasteiger partial charge in [0, 0.05) is 55.2 Å². The Morgan fingerprint density at radius 1 is 0.361 bits per heavy atom. The fourth-order valence-corrected chi connectivity index (χ4v) is 11.3. The molecule has 0 saturated heterocycles. The van der Waals surface area contributed by atoms with E-state index in [1.54, 1.807) is 0 Å². The molecule has 1 aliphatic rings. The molecule has 5 heteroatoms. The van der Waals surface area contributed by atoms with Crippen molar-refractivity contribution in [2.75, 3.05) is 0 Å². The third-order valence-electron chi connectivity index (χ3n) is 15.0. The predicted molar refractivity (Wildman–Crippen MR) is 297 cm³/mol. The molecule has 12 aromatic rings. The number of para-hydroxylation sites is 4. The van der Waals surface area contributed by atoms with Gasteiger partial charge in [0.15, 0.2) is 0 Å². The third-order valence-corrected chi connectivity index (χ3v) is 15.0. The lowest BCUT2D eigenvalue weighted by Crippen LogP contribution is -2.37. The number of nitrogens with zero attached hydrogens (tertiary/aromatic N) is 4. The Kier molecular flexibility index (Phi) is 9.82. The van der Waals surface area contributed by atoms with Gasteiger partial charge in [-0.25, -0.2) is 0 Å². The quantitative estimate of drug-likeness (QED) is 0.167. The van der Waals surface area contributed by atoms with E-state index in [1.165, 1.54) is 43.7 Å². The summed E-state index contributed by atoms with van der Waals surface area (Å²) in [5, 5.41) is 4.83. The SMILES string of the molecule is CC(C)(C)c1ccc2c(c1)C(c1cccc(-c3ccc4c5ccccc5n(-c5ccccc5)c4c3)n1)(c1cccc(-c3ccc4c5ccccc5n(-c5ccccc5)c4c3)n1)c1cc(C(C)(C)C)ccc1O2. The van der Waals surface area contributed by atoms with Gasteiger partial charge in [0.1, 0.15) is 16.9 Å². The molecule has 1 aliphatic heterocycles. The minimum absolute atomic E-state index is 0.155. The van der Waals surface area contributed by atoms with E-state index in [9.17, 15) is 0 Å². The summed E-state index contributed by atoms with van der Waals surface area (Å²) in [6.45, 7) is 13.7. The lowest BCUT2D eigenvalue weighted by Gasteiger charge is -2.41. The van der Waals surface area contributed by atoms with Crippen LogP contribution in [0.15, 0.2) is 218 Å². The van der Waals surface area contributed by atoms with Crippen molar-refractivity contribution in [1.82, 2.24) is 19.1 Å². The number of hydrogen-bond acceptors (Lipinski definition) is 3. The molecule has 0 atom stereocenters. The Labute approximate surface area is 420 Å². The van der Waals surface area contributed by atoms with E-state index in [4.69, 9.17) is 14.7 Å². The second kappa shape index (κ2) is 16.3. The van der Waals surface area contributed by atoms with Crippen molar-refractivity contribution in [3.8, 4) is 45.4 Å². The fraction of sp³-hybridized carbons (Fsp3) is 0.134. The number of fused-ring (bicyclic) bond motifs is 8. The smallest absolute Gasteiger partial charge is 0.132 e. The Hall–Kier alpha value is -8.54. The first kappa shape index (κ1) is 43.5. The van der Waals surface area contributed by atoms with Crippen LogP contribution >= 0.6 is 0 Å². The molecule has 348 valence electrons. The van der Waals surface area contributed by atoms with E-state index >= 15 is 0 Å². The summed E-state index contributed by atoms with van der Waals surface area (Å²) in [6, 6.07) is 78.8. The lowest BCUT2D eigenvalue weighted by atomic mass is 9.65. The molecule has 0 spiro atoms. The molecule has 0 N–H and O–H groups in total. The van der Waals surface area contributed by atoms with Crippen molar-refractivity contribution in [3.05, 3.63) is 252 Å². The number of ether oxygens (including phenoxy) is 1. The number of benzene rings is 8. The molecular weight excluding hydrogens is 877 g/mol. The average Bonchev–Trinajstić information content (AvgIpc) is 3.92. The van der Waals surface area contributed by atoms with E-state index in [1.807, 2.05) is 0 Å². The van der Waals surface area contributed by atoms with Gasteiger partial charge >= 0.3 is 0 Å². The number of aromatic nitrogens is 4. The van der Waals surface area contributed by atoms with Crippen LogP contribution in [0.3, 0.4) is 0 Å². The maximum Gasteiger partial charge on any atom is 0.132 e. The molecule has 0 fully saturated rings. The molecule has 0 aliphatic carbocycles. The monoisotopic (exact) mass is 930 g/mol. The van der Waals surface area contributed by atoms with Gasteiger partial charge in [-0.15, -0.1) is 0 Å². The van der Waals surface area contributed by atoms with Crippen LogP contribution in [0.2, 0.25) is 0 Å². The molecule has 8 aromatic carbocycles. The zero-order valence-corrected chi connectivity index (χ0v) is 41.5. The number of hydrogen-bond donors (Lipinski definition) is 0. The summed E-state index contributed by atoms with van der Waals surface area (Å²) >= 11 is 0. The third kappa shape index (κ3) is 6.82. The fourth-order valence-electron chi connectivity index (χ4n) is 11.3. The van der Waals surface area contributed by atoms with Gasteiger partial charge in [-0.05, 0) is 119 Å². The molecule has 0 saturated carbocycles. The molecule has 5 nitrogen and oxygen atoms in total. The molecule has 5 heterocycles. The van der Waals surface area contributed by atoms with Crippen LogP contribution in [0.5, 0.6) is 11.5 Å². The zero-order chi connectivity index (χ0) is 48.9. The molecule has 0 radical (unpaired) electrons. The largest absolute Gasteiger partial charge is 0.457 e. The van der Waals surface area contributed by atoms with Crippen LogP contribution in [0.25, 0.3) is 77.5 Å². The highest BCUT2D eigenvalue weighted by Gasteiger charge is 2.49. The van der Waals surface area contributed by atoms with Crippen LogP contribution in [0, 0.1) is 0 Å². The van der Waals surface area contributed by atoms with Crippen LogP contribution in [-0.4, -0.2) is 19.1 Å². The number of rotatable bonds is 6. The van der Waals surface area contributed by atoms with Gasteiger partial charge < -0.3 is 13.9 Å². The topological polar surface area (TPSA) is 44.9 Å². The zero-order valence-electron chi connectivity index (χ0n) is 41.5. The van der Waals surface area contributed by atoms with Gasteiger partial charge in [0.25, 0.3) is 0 Å². The van der Waals surface area contributed by atoms with Gasteiger partial charge in [-0.3, -0.25) is 9.97 Å². The van der Waals surface area contributed by atoms with E-state index in [0.29, 0.717) is 0 Å². The molecule has 4 aromatic heterocycles. The second-order valence-corrected chi connectivity index (χ2v) is 21.4. The highest BCUT2D eigenvalue weighted by molar-refractivity contribution is 6.11. The van der Waals surface area contributed by atoms with Gasteiger partial charge in [-0.1, -0.05) is 163 Å². The van der Waals surface area contributed by atoms with E-state index in [-0.39, 0.29) is 10.8 Å². The average molecular weight is 931 g/mol. The Balaban J connectivity index is 1.08. The van der Waals surface area contributed by atoms with Gasteiger partial charge in [0.2, 0.25) is 0 Å². The first-order valence-electron chi connectivity index (χ1n) is 25.1. The summed E-state index contributed by atoms with van der Waals surface area (Å²) in [7, 11) is 0. The van der Waals surface area contributed by atoms with Crippen molar-refractivity contribution >= 4 is 43.6 Å². The standard InChI is InChI=1S/C67H54N4O/c1-65(2,3)45-33-37-61-53(41-45)67(54-42-46(66(4,5)6)34-38-62(54)72-61,63-29-17-25-55(68-63)43-31-35-51-49-23-13-15-27-57(49)70(59(51)39-43)47-19-9-7-10-20-47)64-30-18-26-56(69-64)44-32-36-52-50-24-14-16-28-58(50)71(60(52)40-44)48-21-11-8-12-22-48/h7-42H,1-6H3. The lowest BCUT2D eigenvalue weighted by molar-refractivity contribution is 0.426. The molecule has 0 bridgehead atoms. The highest BCUT2D eigenvalue weighted by atomic mass is 16.5. The minimum atomic E-state index is -1.01. The molecule has 0 unspecified atom stereocenters. The Morgan fingerprint density at radius 3 is 1.19 bits per heavy atom. The Bertz CT molecular complexity index is 3820. The first-order chi connectivity index (χ1) is 34.9. The van der Waals surface area contributed by atoms with Crippen LogP contribution < -0.4 is 4.74 Å². The van der Waals surface area contributed by atoms with Gasteiger partial charge in [-0.2, -0.15) is 0 Å². The second-order valence-electron chi connectivity index (χ2n) is 21.4. The van der Waals surface area contributed by atoms with Crippen molar-refractivity contribution in [2.24, 2.45) is 0 Å². The van der Waals surface area contributed by atoms with Gasteiger partial charge in [0.05, 0.1) is 44.8 Å². The van der Waals surface area contributed by atoms with Crippen LogP contribution in [0.4, 0.5) is 0 Å². The van der Waals surface area contributed by atoms with E-state index in [2.05, 4.69) is 269 Å². The first-order valence-corrected chi connectivity index (χ1v) is 25.1. The maximum absolute atomic E-state index is 7.04. The predicted octanol–water partition coefficient (Wildman–Crippen LogP) is 17.1. The van der Waals surface area contributed by atoms with E-state index in [0.717, 1.165) is 78.9 Å². The normalized spacial score (nSPS) is 13.4. The number of pyridine rings is 2. The van der Waals surface area contributed by atoms with E-state index < -0.39 is 5.41 Å². The summed E-state index contributed by atoms with van der Waals surface area (Å²) < 4.78 is 11.8. The molecule has 72 heavy (non-hydrogen) atoms. The minimum Gasteiger partial charge on any atom is -0.457 e. The summed E-state index contributed by atoms with van der Waals surface area (Å²) in [5.74, 6) is 1.59. The maximum atomic E-state index is 7.04.